The van der Waals surface area contributed by atoms with Crippen LogP contribution in [-0.4, -0.2) is 39.1 Å². The van der Waals surface area contributed by atoms with E-state index in [-0.39, 0.29) is 17.1 Å². The molecule has 26 heavy (non-hydrogen) atoms. The van der Waals surface area contributed by atoms with Crippen LogP contribution in [0.3, 0.4) is 0 Å². The lowest BCUT2D eigenvalue weighted by atomic mass is 9.96. The third-order valence-corrected chi connectivity index (χ3v) is 5.40. The summed E-state index contributed by atoms with van der Waals surface area (Å²) in [6, 6.07) is 1.30. The number of carbonyl (C=O) groups excluding carboxylic acids is 1. The van der Waals surface area contributed by atoms with Crippen molar-refractivity contribution in [2.24, 2.45) is 5.41 Å². The molecule has 7 nitrogen and oxygen atoms in total. The smallest absolute Gasteiger partial charge is 0.230 e. The van der Waals surface area contributed by atoms with E-state index in [0.29, 0.717) is 24.4 Å². The lowest BCUT2D eigenvalue weighted by Gasteiger charge is -2.28. The Morgan fingerprint density at radius 1 is 1.31 bits per heavy atom. The quantitative estimate of drug-likeness (QED) is 0.676. The molecule has 9 heteroatoms. The van der Waals surface area contributed by atoms with E-state index < -0.39 is 21.5 Å². The van der Waals surface area contributed by atoms with E-state index in [4.69, 9.17) is 16.3 Å². The van der Waals surface area contributed by atoms with Crippen LogP contribution in [0.15, 0.2) is 6.07 Å². The summed E-state index contributed by atoms with van der Waals surface area (Å²) in [5, 5.41) is 10.8. The van der Waals surface area contributed by atoms with Gasteiger partial charge in [-0.1, -0.05) is 32.4 Å². The summed E-state index contributed by atoms with van der Waals surface area (Å²) in [4.78, 5) is 12.2. The molecule has 2 atom stereocenters. The zero-order valence-corrected chi connectivity index (χ0v) is 18.0. The summed E-state index contributed by atoms with van der Waals surface area (Å²) in [5.74, 6) is 0.120. The molecule has 0 aromatic carbocycles. The number of nitrogens with one attached hydrogen (secondary N) is 2. The Morgan fingerprint density at radius 2 is 1.92 bits per heavy atom. The molecule has 0 bridgehead atoms. The molecule has 1 aromatic heterocycles. The highest BCUT2D eigenvalue weighted by Gasteiger charge is 2.31. The highest BCUT2D eigenvalue weighted by molar-refractivity contribution is 7.90. The fourth-order valence-corrected chi connectivity index (χ4v) is 2.90. The van der Waals surface area contributed by atoms with E-state index >= 15 is 0 Å². The average Bonchev–Trinajstić information content (AvgIpc) is 2.51. The highest BCUT2D eigenvalue weighted by Crippen LogP contribution is 2.28. The van der Waals surface area contributed by atoms with Gasteiger partial charge in [-0.3, -0.25) is 4.79 Å². The van der Waals surface area contributed by atoms with Gasteiger partial charge in [-0.2, -0.15) is 0 Å². The molecule has 0 unspecified atom stereocenters. The van der Waals surface area contributed by atoms with E-state index in [2.05, 4.69) is 20.2 Å². The molecule has 1 aromatic rings. The molecule has 0 aliphatic rings. The van der Waals surface area contributed by atoms with Crippen molar-refractivity contribution >= 4 is 34.7 Å². The van der Waals surface area contributed by atoms with Crippen LogP contribution >= 0.6 is 11.6 Å². The van der Waals surface area contributed by atoms with E-state index in [9.17, 15) is 9.35 Å². The molecule has 0 radical (unpaired) electrons. The van der Waals surface area contributed by atoms with Gasteiger partial charge in [-0.15, -0.1) is 14.9 Å². The largest absolute Gasteiger partial charge is 0.598 e. The van der Waals surface area contributed by atoms with Gasteiger partial charge in [0.15, 0.2) is 11.0 Å². The standard InChI is InChI=1S/C17H29ClN4O3S/c1-16(2,3)15(23)19-13-10-11(14(18)21-20-13)12(8-9-25-7)22-26(24)17(4,5)6/h10,12,22H,8-9H2,1-7H3,(H,19,20,23)/t12-,26+/m1/s1. The number of carbonyl (C=O) groups is 1. The minimum absolute atomic E-state index is 0.181. The minimum Gasteiger partial charge on any atom is -0.598 e. The van der Waals surface area contributed by atoms with Crippen molar-refractivity contribution in [3.63, 3.8) is 0 Å². The lowest BCUT2D eigenvalue weighted by molar-refractivity contribution is -0.123. The fraction of sp³-hybridized carbons (Fsp3) is 0.706. The normalized spacial score (nSPS) is 14.8. The third kappa shape index (κ3) is 7.00. The molecule has 148 valence electrons. The SMILES string of the molecule is COCC[C@@H](N[S@@+]([O-])C(C)(C)C)c1cc(NC(=O)C(C)(C)C)nnc1Cl. The van der Waals surface area contributed by atoms with Gasteiger partial charge in [0, 0.05) is 36.1 Å². The van der Waals surface area contributed by atoms with Gasteiger partial charge in [0.05, 0.1) is 6.04 Å². The minimum atomic E-state index is -1.31. The Labute approximate surface area is 163 Å². The van der Waals surface area contributed by atoms with Gasteiger partial charge in [0.1, 0.15) is 4.75 Å². The summed E-state index contributed by atoms with van der Waals surface area (Å²) >= 11 is 4.92. The molecule has 0 spiro atoms. The van der Waals surface area contributed by atoms with Crippen molar-refractivity contribution < 1.29 is 14.1 Å². The maximum absolute atomic E-state index is 12.5. The van der Waals surface area contributed by atoms with Gasteiger partial charge < -0.3 is 14.6 Å². The predicted molar refractivity (Wildman–Crippen MR) is 105 cm³/mol. The highest BCUT2D eigenvalue weighted by atomic mass is 35.5. The number of rotatable bonds is 7. The van der Waals surface area contributed by atoms with Crippen LogP contribution in [-0.2, 0) is 20.9 Å². The Morgan fingerprint density at radius 3 is 2.42 bits per heavy atom. The summed E-state index contributed by atoms with van der Waals surface area (Å²) in [6.45, 7) is 11.5. The Kier molecular flexibility index (Phi) is 8.29. The fourth-order valence-electron chi connectivity index (χ4n) is 1.82. The second-order valence-corrected chi connectivity index (χ2v) is 10.4. The number of aromatic nitrogens is 2. The number of nitrogens with zero attached hydrogens (tertiary/aromatic N) is 2. The molecule has 0 saturated carbocycles. The van der Waals surface area contributed by atoms with Gasteiger partial charge in [0.2, 0.25) is 5.91 Å². The van der Waals surface area contributed by atoms with Crippen LogP contribution in [0.1, 0.15) is 59.6 Å². The zero-order chi connectivity index (χ0) is 20.1. The van der Waals surface area contributed by atoms with Crippen molar-refractivity contribution in [1.82, 2.24) is 14.9 Å². The van der Waals surface area contributed by atoms with Crippen molar-refractivity contribution in [1.29, 1.82) is 0 Å². The molecule has 0 fully saturated rings. The number of methoxy groups -OCH3 is 1. The number of ether oxygens (including phenoxy) is 1. The van der Waals surface area contributed by atoms with Crippen LogP contribution in [0.5, 0.6) is 0 Å². The van der Waals surface area contributed by atoms with Crippen molar-refractivity contribution in [3.05, 3.63) is 16.8 Å². The van der Waals surface area contributed by atoms with Crippen LogP contribution in [0.25, 0.3) is 0 Å². The lowest BCUT2D eigenvalue weighted by Crippen LogP contribution is -2.41. The van der Waals surface area contributed by atoms with Crippen molar-refractivity contribution in [2.75, 3.05) is 19.0 Å². The molecule has 1 amide bonds. The maximum Gasteiger partial charge on any atom is 0.230 e. The predicted octanol–water partition coefficient (Wildman–Crippen LogP) is 3.24. The first-order chi connectivity index (χ1) is 11.9. The van der Waals surface area contributed by atoms with E-state index in [1.165, 1.54) is 0 Å². The first-order valence-electron chi connectivity index (χ1n) is 8.38. The molecule has 1 rings (SSSR count). The monoisotopic (exact) mass is 404 g/mol. The number of halogens is 1. The summed E-state index contributed by atoms with van der Waals surface area (Å²) in [7, 11) is 1.60. The average molecular weight is 405 g/mol. The Hall–Kier alpha value is -0.930. The third-order valence-electron chi connectivity index (χ3n) is 3.49. The molecular formula is C17H29ClN4O3S. The van der Waals surface area contributed by atoms with Gasteiger partial charge >= 0.3 is 0 Å². The number of hydrogen-bond acceptors (Lipinski definition) is 6. The van der Waals surface area contributed by atoms with Crippen molar-refractivity contribution in [2.45, 2.75) is 58.8 Å². The number of amides is 1. The summed E-state index contributed by atoms with van der Waals surface area (Å²) in [5.41, 5.74) is 0.0450. The molecule has 1 heterocycles. The van der Waals surface area contributed by atoms with Gasteiger partial charge in [0.25, 0.3) is 0 Å². The van der Waals surface area contributed by atoms with E-state index in [1.807, 2.05) is 41.5 Å². The molecule has 0 aliphatic heterocycles. The second kappa shape index (κ2) is 9.32. The zero-order valence-electron chi connectivity index (χ0n) is 16.5. The van der Waals surface area contributed by atoms with Gasteiger partial charge in [-0.05, 0) is 33.3 Å². The van der Waals surface area contributed by atoms with Crippen LogP contribution in [0, 0.1) is 5.41 Å². The molecule has 0 aliphatic carbocycles. The first kappa shape index (κ1) is 23.1. The topological polar surface area (TPSA) is 99.2 Å². The number of anilines is 1. The maximum atomic E-state index is 12.5. The van der Waals surface area contributed by atoms with E-state index in [1.54, 1.807) is 13.2 Å². The molecular weight excluding hydrogens is 376 g/mol. The van der Waals surface area contributed by atoms with Gasteiger partial charge in [-0.25, -0.2) is 0 Å². The first-order valence-corrected chi connectivity index (χ1v) is 9.90. The Balaban J connectivity index is 3.12. The van der Waals surface area contributed by atoms with E-state index in [0.717, 1.165) is 0 Å². The summed E-state index contributed by atoms with van der Waals surface area (Å²) in [6.07, 6.45) is 0.538. The molecule has 2 N–H and O–H groups in total. The van der Waals surface area contributed by atoms with Crippen LogP contribution in [0.4, 0.5) is 5.82 Å². The molecule has 0 saturated heterocycles. The van der Waals surface area contributed by atoms with Crippen LogP contribution < -0.4 is 10.0 Å². The van der Waals surface area contributed by atoms with Crippen LogP contribution in [0.2, 0.25) is 5.15 Å². The van der Waals surface area contributed by atoms with Crippen molar-refractivity contribution in [3.8, 4) is 0 Å². The Bertz CT molecular complexity index is 617. The number of hydrogen-bond donors (Lipinski definition) is 2. The summed E-state index contributed by atoms with van der Waals surface area (Å²) < 4.78 is 20.3. The second-order valence-electron chi connectivity index (χ2n) is 8.01.